The Morgan fingerprint density at radius 1 is 1.24 bits per heavy atom. The van der Waals surface area contributed by atoms with Crippen LogP contribution in [0.1, 0.15) is 29.8 Å². The number of sulfonamides is 1. The van der Waals surface area contributed by atoms with Crippen molar-refractivity contribution in [2.24, 2.45) is 0 Å². The van der Waals surface area contributed by atoms with Gasteiger partial charge in [-0.1, -0.05) is 11.2 Å². The molecule has 0 amide bonds. The van der Waals surface area contributed by atoms with Crippen molar-refractivity contribution in [3.05, 3.63) is 41.0 Å². The Kier molecular flexibility index (Phi) is 8.01. The number of rotatable bonds is 8. The van der Waals surface area contributed by atoms with Gasteiger partial charge >= 0.3 is 0 Å². The first-order valence-electron chi connectivity index (χ1n) is 7.87. The second-order valence-electron chi connectivity index (χ2n) is 5.89. The molecule has 0 radical (unpaired) electrons. The number of likely N-dealkylation sites (N-methyl/N-ethyl adjacent to an activating group) is 1. The summed E-state index contributed by atoms with van der Waals surface area (Å²) in [5.41, 5.74) is 2.00. The largest absolute Gasteiger partial charge is 0.339 e. The van der Waals surface area contributed by atoms with Gasteiger partial charge in [0.25, 0.3) is 0 Å². The van der Waals surface area contributed by atoms with Crippen molar-refractivity contribution >= 4 is 22.4 Å². The van der Waals surface area contributed by atoms with Gasteiger partial charge < -0.3 is 9.84 Å². The first-order valence-corrected chi connectivity index (χ1v) is 9.36. The van der Waals surface area contributed by atoms with Crippen LogP contribution in [-0.4, -0.2) is 38.2 Å². The molecule has 2 aromatic rings. The quantitative estimate of drug-likeness (QED) is 0.715. The number of aryl methyl sites for hydroxylation is 2. The van der Waals surface area contributed by atoms with Gasteiger partial charge in [0.2, 0.25) is 15.9 Å². The lowest BCUT2D eigenvalue weighted by Gasteiger charge is -2.07. The average molecular weight is 389 g/mol. The highest BCUT2D eigenvalue weighted by Gasteiger charge is 2.15. The standard InChI is InChI=1S/C16H24N4O3S.ClH/c1-11-5-6-14(9-12(11)2)24(21,22)18-8-7-16-19-15(20-23-16)10-13(3)17-4;/h5-6,9,13,17-18H,7-8,10H2,1-4H3;1H. The molecule has 1 aromatic heterocycles. The van der Waals surface area contributed by atoms with Crippen molar-refractivity contribution in [3.63, 3.8) is 0 Å². The smallest absolute Gasteiger partial charge is 0.240 e. The van der Waals surface area contributed by atoms with E-state index in [-0.39, 0.29) is 29.9 Å². The lowest BCUT2D eigenvalue weighted by atomic mass is 10.1. The predicted octanol–water partition coefficient (Wildman–Crippen LogP) is 1.78. The topological polar surface area (TPSA) is 97.1 Å². The highest BCUT2D eigenvalue weighted by atomic mass is 35.5. The van der Waals surface area contributed by atoms with Crippen LogP contribution < -0.4 is 10.0 Å². The van der Waals surface area contributed by atoms with Gasteiger partial charge in [0.05, 0.1) is 4.90 Å². The van der Waals surface area contributed by atoms with E-state index >= 15 is 0 Å². The average Bonchev–Trinajstić information content (AvgIpc) is 2.97. The van der Waals surface area contributed by atoms with Gasteiger partial charge in [-0.25, -0.2) is 13.1 Å². The van der Waals surface area contributed by atoms with Crippen LogP contribution in [0.3, 0.4) is 0 Å². The summed E-state index contributed by atoms with van der Waals surface area (Å²) in [5.74, 6) is 1.04. The molecule has 0 saturated carbocycles. The molecule has 0 aliphatic rings. The van der Waals surface area contributed by atoms with E-state index in [0.29, 0.717) is 24.6 Å². The van der Waals surface area contributed by atoms with E-state index in [4.69, 9.17) is 4.52 Å². The molecule has 1 heterocycles. The van der Waals surface area contributed by atoms with Crippen LogP contribution in [0.5, 0.6) is 0 Å². The maximum absolute atomic E-state index is 12.3. The summed E-state index contributed by atoms with van der Waals surface area (Å²) in [6.07, 6.45) is 1.01. The SMILES string of the molecule is CNC(C)Cc1noc(CCNS(=O)(=O)c2ccc(C)c(C)c2)n1.Cl. The molecule has 0 aliphatic carbocycles. The molecule has 9 heteroatoms. The van der Waals surface area contributed by atoms with Crippen LogP contribution in [0.2, 0.25) is 0 Å². The zero-order valence-corrected chi connectivity index (χ0v) is 16.5. The highest BCUT2D eigenvalue weighted by Crippen LogP contribution is 2.14. The first-order chi connectivity index (χ1) is 11.3. The fourth-order valence-corrected chi connectivity index (χ4v) is 3.22. The highest BCUT2D eigenvalue weighted by molar-refractivity contribution is 7.89. The summed E-state index contributed by atoms with van der Waals surface area (Å²) in [6.45, 7) is 6.06. The van der Waals surface area contributed by atoms with Crippen molar-refractivity contribution in [1.29, 1.82) is 0 Å². The number of hydrogen-bond donors (Lipinski definition) is 2. The fraction of sp³-hybridized carbons (Fsp3) is 0.500. The zero-order chi connectivity index (χ0) is 17.7. The molecule has 1 unspecified atom stereocenters. The van der Waals surface area contributed by atoms with Gasteiger partial charge in [-0.15, -0.1) is 12.4 Å². The number of nitrogens with one attached hydrogen (secondary N) is 2. The summed E-state index contributed by atoms with van der Waals surface area (Å²) < 4.78 is 32.3. The summed E-state index contributed by atoms with van der Waals surface area (Å²) in [4.78, 5) is 4.53. The number of aromatic nitrogens is 2. The first kappa shape index (κ1) is 21.6. The van der Waals surface area contributed by atoms with E-state index in [2.05, 4.69) is 20.2 Å². The minimum Gasteiger partial charge on any atom is -0.339 e. The van der Waals surface area contributed by atoms with Crippen LogP contribution in [-0.2, 0) is 22.9 Å². The Labute approximate surface area is 155 Å². The molecular formula is C16H25ClN4O3S. The number of hydrogen-bond acceptors (Lipinski definition) is 6. The van der Waals surface area contributed by atoms with E-state index in [1.54, 1.807) is 18.2 Å². The Bertz CT molecular complexity index is 792. The molecule has 1 aromatic carbocycles. The van der Waals surface area contributed by atoms with Crippen LogP contribution in [0.25, 0.3) is 0 Å². The fourth-order valence-electron chi connectivity index (χ4n) is 2.11. The van der Waals surface area contributed by atoms with Crippen molar-refractivity contribution < 1.29 is 12.9 Å². The van der Waals surface area contributed by atoms with E-state index < -0.39 is 10.0 Å². The third-order valence-corrected chi connectivity index (χ3v) is 5.37. The second kappa shape index (κ2) is 9.28. The number of halogens is 1. The molecule has 7 nitrogen and oxygen atoms in total. The van der Waals surface area contributed by atoms with Gasteiger partial charge in [-0.2, -0.15) is 4.98 Å². The minimum atomic E-state index is -3.54. The monoisotopic (exact) mass is 388 g/mol. The second-order valence-corrected chi connectivity index (χ2v) is 7.66. The summed E-state index contributed by atoms with van der Waals surface area (Å²) in [5, 5.41) is 6.99. The molecule has 25 heavy (non-hydrogen) atoms. The molecule has 0 bridgehead atoms. The predicted molar refractivity (Wildman–Crippen MR) is 98.6 cm³/mol. The van der Waals surface area contributed by atoms with Crippen LogP contribution in [0.4, 0.5) is 0 Å². The molecule has 2 N–H and O–H groups in total. The molecule has 0 fully saturated rings. The van der Waals surface area contributed by atoms with Crippen LogP contribution in [0, 0.1) is 13.8 Å². The molecule has 140 valence electrons. The lowest BCUT2D eigenvalue weighted by molar-refractivity contribution is 0.371. The van der Waals surface area contributed by atoms with Crippen molar-refractivity contribution in [2.75, 3.05) is 13.6 Å². The molecule has 1 atom stereocenters. The van der Waals surface area contributed by atoms with Gasteiger partial charge in [0, 0.05) is 25.4 Å². The molecule has 0 saturated heterocycles. The normalized spacial score (nSPS) is 12.6. The van der Waals surface area contributed by atoms with Crippen LogP contribution >= 0.6 is 12.4 Å². The molecular weight excluding hydrogens is 364 g/mol. The van der Waals surface area contributed by atoms with E-state index in [1.807, 2.05) is 27.8 Å². The Balaban J connectivity index is 0.00000312. The zero-order valence-electron chi connectivity index (χ0n) is 14.9. The van der Waals surface area contributed by atoms with E-state index in [9.17, 15) is 8.42 Å². The molecule has 0 spiro atoms. The maximum Gasteiger partial charge on any atom is 0.240 e. The maximum atomic E-state index is 12.3. The number of benzene rings is 1. The lowest BCUT2D eigenvalue weighted by Crippen LogP contribution is -2.26. The van der Waals surface area contributed by atoms with Gasteiger partial charge in [0.15, 0.2) is 5.82 Å². The molecule has 0 aliphatic heterocycles. The van der Waals surface area contributed by atoms with Crippen molar-refractivity contribution in [3.8, 4) is 0 Å². The third kappa shape index (κ3) is 6.07. The van der Waals surface area contributed by atoms with E-state index in [1.165, 1.54) is 0 Å². The number of nitrogens with zero attached hydrogens (tertiary/aromatic N) is 2. The Morgan fingerprint density at radius 3 is 2.60 bits per heavy atom. The van der Waals surface area contributed by atoms with Crippen LogP contribution in [0.15, 0.2) is 27.6 Å². The van der Waals surface area contributed by atoms with Crippen molar-refractivity contribution in [1.82, 2.24) is 20.2 Å². The summed E-state index contributed by atoms with van der Waals surface area (Å²) in [7, 11) is -1.67. The van der Waals surface area contributed by atoms with Crippen molar-refractivity contribution in [2.45, 2.75) is 44.6 Å². The summed E-state index contributed by atoms with van der Waals surface area (Å²) in [6, 6.07) is 5.33. The van der Waals surface area contributed by atoms with Gasteiger partial charge in [-0.3, -0.25) is 0 Å². The van der Waals surface area contributed by atoms with Gasteiger partial charge in [0.1, 0.15) is 0 Å². The Morgan fingerprint density at radius 2 is 1.96 bits per heavy atom. The van der Waals surface area contributed by atoms with E-state index in [0.717, 1.165) is 11.1 Å². The summed E-state index contributed by atoms with van der Waals surface area (Å²) >= 11 is 0. The third-order valence-electron chi connectivity index (χ3n) is 3.91. The Hall–Kier alpha value is -1.48. The van der Waals surface area contributed by atoms with Gasteiger partial charge in [-0.05, 0) is 51.1 Å². The molecule has 2 rings (SSSR count). The minimum absolute atomic E-state index is 0.